The lowest BCUT2D eigenvalue weighted by Crippen LogP contribution is -2.11. The molecule has 0 aliphatic rings. The summed E-state index contributed by atoms with van der Waals surface area (Å²) in [6.45, 7) is 3.81. The van der Waals surface area contributed by atoms with Crippen LogP contribution in [0.5, 0.6) is 0 Å². The first-order chi connectivity index (χ1) is 10.3. The molecule has 3 aromatic rings. The maximum absolute atomic E-state index is 6.37. The van der Waals surface area contributed by atoms with Crippen LogP contribution in [-0.2, 0) is 6.54 Å². The molecule has 2 aromatic carbocycles. The monoisotopic (exact) mass is 296 g/mol. The van der Waals surface area contributed by atoms with Gasteiger partial charge in [0, 0.05) is 22.5 Å². The van der Waals surface area contributed by atoms with Crippen LogP contribution in [0.15, 0.2) is 54.6 Å². The number of rotatable bonds is 4. The highest BCUT2D eigenvalue weighted by Gasteiger charge is 2.05. The van der Waals surface area contributed by atoms with Crippen LogP contribution in [0.25, 0.3) is 22.2 Å². The van der Waals surface area contributed by atoms with Crippen LogP contribution in [0.2, 0.25) is 5.02 Å². The second-order valence-electron chi connectivity index (χ2n) is 4.98. The molecular formula is C18H17ClN2. The number of para-hydroxylation sites is 1. The third-order valence-corrected chi connectivity index (χ3v) is 3.86. The highest BCUT2D eigenvalue weighted by atomic mass is 35.5. The number of hydrogen-bond donors (Lipinski definition) is 1. The Hall–Kier alpha value is -1.90. The summed E-state index contributed by atoms with van der Waals surface area (Å²) in [6, 6.07) is 18.4. The number of halogens is 1. The summed E-state index contributed by atoms with van der Waals surface area (Å²) < 4.78 is 0. The van der Waals surface area contributed by atoms with Gasteiger partial charge in [0.2, 0.25) is 0 Å². The van der Waals surface area contributed by atoms with Crippen LogP contribution in [0.3, 0.4) is 0 Å². The van der Waals surface area contributed by atoms with E-state index in [0.29, 0.717) is 0 Å². The van der Waals surface area contributed by atoms with Crippen molar-refractivity contribution in [3.63, 3.8) is 0 Å². The minimum absolute atomic E-state index is 0.781. The van der Waals surface area contributed by atoms with E-state index in [2.05, 4.69) is 36.5 Å². The zero-order valence-electron chi connectivity index (χ0n) is 11.9. The average Bonchev–Trinajstić information content (AvgIpc) is 2.53. The number of aromatic nitrogens is 1. The summed E-state index contributed by atoms with van der Waals surface area (Å²) in [7, 11) is 0. The van der Waals surface area contributed by atoms with E-state index in [1.807, 2.05) is 30.3 Å². The van der Waals surface area contributed by atoms with Crippen molar-refractivity contribution < 1.29 is 0 Å². The van der Waals surface area contributed by atoms with E-state index < -0.39 is 0 Å². The minimum Gasteiger partial charge on any atom is -0.313 e. The van der Waals surface area contributed by atoms with Crippen LogP contribution < -0.4 is 5.32 Å². The third kappa shape index (κ3) is 3.07. The van der Waals surface area contributed by atoms with Gasteiger partial charge in [-0.1, -0.05) is 54.9 Å². The largest absolute Gasteiger partial charge is 0.313 e. The molecule has 2 nitrogen and oxygen atoms in total. The lowest BCUT2D eigenvalue weighted by molar-refractivity contribution is 0.727. The molecule has 106 valence electrons. The zero-order valence-corrected chi connectivity index (χ0v) is 12.7. The smallest absolute Gasteiger partial charge is 0.0710 e. The Kier molecular flexibility index (Phi) is 4.18. The first-order valence-electron chi connectivity index (χ1n) is 7.13. The van der Waals surface area contributed by atoms with Crippen LogP contribution in [0, 0.1) is 0 Å². The van der Waals surface area contributed by atoms with Gasteiger partial charge in [0.15, 0.2) is 0 Å². The molecule has 0 aliphatic carbocycles. The van der Waals surface area contributed by atoms with Gasteiger partial charge in [-0.3, -0.25) is 0 Å². The van der Waals surface area contributed by atoms with Gasteiger partial charge in [0.1, 0.15) is 0 Å². The highest BCUT2D eigenvalue weighted by Crippen LogP contribution is 2.26. The molecule has 0 aliphatic heterocycles. The van der Waals surface area contributed by atoms with Crippen LogP contribution >= 0.6 is 11.6 Å². The van der Waals surface area contributed by atoms with E-state index in [1.165, 1.54) is 0 Å². The predicted molar refractivity (Wildman–Crippen MR) is 89.6 cm³/mol. The first kappa shape index (κ1) is 14.1. The molecule has 0 unspecified atom stereocenters. The van der Waals surface area contributed by atoms with Crippen molar-refractivity contribution in [2.75, 3.05) is 6.54 Å². The molecular weight excluding hydrogens is 280 g/mol. The Morgan fingerprint density at radius 2 is 1.90 bits per heavy atom. The fraction of sp³-hybridized carbons (Fsp3) is 0.167. The number of nitrogens with one attached hydrogen (secondary N) is 1. The third-order valence-electron chi connectivity index (χ3n) is 3.51. The topological polar surface area (TPSA) is 24.9 Å². The van der Waals surface area contributed by atoms with Gasteiger partial charge in [0.25, 0.3) is 0 Å². The van der Waals surface area contributed by atoms with E-state index in [-0.39, 0.29) is 0 Å². The Balaban J connectivity index is 1.96. The van der Waals surface area contributed by atoms with Crippen molar-refractivity contribution in [2.45, 2.75) is 13.5 Å². The van der Waals surface area contributed by atoms with Crippen molar-refractivity contribution in [1.82, 2.24) is 10.3 Å². The van der Waals surface area contributed by atoms with Gasteiger partial charge >= 0.3 is 0 Å². The van der Waals surface area contributed by atoms with Crippen molar-refractivity contribution in [1.29, 1.82) is 0 Å². The lowest BCUT2D eigenvalue weighted by atomic mass is 10.1. The van der Waals surface area contributed by atoms with Gasteiger partial charge in [-0.2, -0.15) is 0 Å². The summed E-state index contributed by atoms with van der Waals surface area (Å²) >= 11 is 6.37. The Morgan fingerprint density at radius 1 is 1.05 bits per heavy atom. The molecule has 1 aromatic heterocycles. The van der Waals surface area contributed by atoms with Crippen LogP contribution in [-0.4, -0.2) is 11.5 Å². The SMILES string of the molecule is CCNCc1ccc(-c2ccc3ccccc3n2)cc1Cl. The van der Waals surface area contributed by atoms with Gasteiger partial charge < -0.3 is 5.32 Å². The summed E-state index contributed by atoms with van der Waals surface area (Å²) in [4.78, 5) is 4.70. The Bertz CT molecular complexity index is 768. The standard InChI is InChI=1S/C18H17ClN2/c1-2-20-12-15-8-7-14(11-16(15)19)18-10-9-13-5-3-4-6-17(13)21-18/h3-11,20H,2,12H2,1H3. The summed E-state index contributed by atoms with van der Waals surface area (Å²) in [5.74, 6) is 0. The molecule has 0 atom stereocenters. The molecule has 21 heavy (non-hydrogen) atoms. The summed E-state index contributed by atoms with van der Waals surface area (Å²) in [5, 5.41) is 5.22. The fourth-order valence-electron chi connectivity index (χ4n) is 2.34. The van der Waals surface area contributed by atoms with Crippen molar-refractivity contribution in [3.05, 3.63) is 65.2 Å². The van der Waals surface area contributed by atoms with Gasteiger partial charge in [-0.15, -0.1) is 0 Å². The molecule has 1 N–H and O–H groups in total. The van der Waals surface area contributed by atoms with Gasteiger partial charge in [-0.25, -0.2) is 4.98 Å². The fourth-order valence-corrected chi connectivity index (χ4v) is 2.58. The summed E-state index contributed by atoms with van der Waals surface area (Å²) in [5.41, 5.74) is 4.11. The van der Waals surface area contributed by atoms with E-state index in [1.54, 1.807) is 0 Å². The van der Waals surface area contributed by atoms with E-state index in [0.717, 1.165) is 45.8 Å². The highest BCUT2D eigenvalue weighted by molar-refractivity contribution is 6.31. The van der Waals surface area contributed by atoms with E-state index in [4.69, 9.17) is 16.6 Å². The number of nitrogens with zero attached hydrogens (tertiary/aromatic N) is 1. The Morgan fingerprint density at radius 3 is 2.71 bits per heavy atom. The molecule has 0 spiro atoms. The molecule has 1 heterocycles. The quantitative estimate of drug-likeness (QED) is 0.757. The molecule has 0 saturated heterocycles. The zero-order chi connectivity index (χ0) is 14.7. The molecule has 0 amide bonds. The van der Waals surface area contributed by atoms with Crippen LogP contribution in [0.1, 0.15) is 12.5 Å². The maximum Gasteiger partial charge on any atom is 0.0710 e. The van der Waals surface area contributed by atoms with Gasteiger partial charge in [-0.05, 0) is 30.3 Å². The van der Waals surface area contributed by atoms with Crippen molar-refractivity contribution in [3.8, 4) is 11.3 Å². The molecule has 0 radical (unpaired) electrons. The molecule has 3 rings (SSSR count). The first-order valence-corrected chi connectivity index (χ1v) is 7.51. The summed E-state index contributed by atoms with van der Waals surface area (Å²) in [6.07, 6.45) is 0. The van der Waals surface area contributed by atoms with E-state index >= 15 is 0 Å². The van der Waals surface area contributed by atoms with E-state index in [9.17, 15) is 0 Å². The number of benzene rings is 2. The normalized spacial score (nSPS) is 11.0. The van der Waals surface area contributed by atoms with Crippen molar-refractivity contribution in [2.24, 2.45) is 0 Å². The van der Waals surface area contributed by atoms with Crippen molar-refractivity contribution >= 4 is 22.5 Å². The number of pyridine rings is 1. The van der Waals surface area contributed by atoms with Crippen LogP contribution in [0.4, 0.5) is 0 Å². The number of fused-ring (bicyclic) bond motifs is 1. The molecule has 0 saturated carbocycles. The second kappa shape index (κ2) is 6.25. The predicted octanol–water partition coefficient (Wildman–Crippen LogP) is 4.66. The minimum atomic E-state index is 0.781. The maximum atomic E-state index is 6.37. The molecule has 0 fully saturated rings. The number of hydrogen-bond acceptors (Lipinski definition) is 2. The lowest BCUT2D eigenvalue weighted by Gasteiger charge is -2.08. The molecule has 0 bridgehead atoms. The second-order valence-corrected chi connectivity index (χ2v) is 5.38. The van der Waals surface area contributed by atoms with Gasteiger partial charge in [0.05, 0.1) is 11.2 Å². The average molecular weight is 297 g/mol. The molecule has 3 heteroatoms. The Labute approximate surface area is 129 Å².